The molecule has 23 heavy (non-hydrogen) atoms. The third kappa shape index (κ3) is 2.22. The van der Waals surface area contributed by atoms with Crippen molar-refractivity contribution in [2.45, 2.75) is 38.9 Å². The molecule has 1 fully saturated rings. The summed E-state index contributed by atoms with van der Waals surface area (Å²) < 4.78 is 28.0. The van der Waals surface area contributed by atoms with Crippen molar-refractivity contribution in [1.82, 2.24) is 0 Å². The number of benzene rings is 2. The molecule has 1 saturated heterocycles. The largest absolute Gasteiger partial charge is 0.494 e. The Labute approximate surface area is 139 Å². The van der Waals surface area contributed by atoms with Crippen LogP contribution in [0.4, 0.5) is 4.39 Å². The van der Waals surface area contributed by atoms with Crippen LogP contribution in [-0.2, 0) is 9.31 Å². The predicted octanol–water partition coefficient (Wildman–Crippen LogP) is 4.49. The second-order valence-electron chi connectivity index (χ2n) is 7.06. The van der Waals surface area contributed by atoms with E-state index in [0.29, 0.717) is 4.70 Å². The maximum absolute atomic E-state index is 14.0. The Morgan fingerprint density at radius 2 is 1.65 bits per heavy atom. The lowest BCUT2D eigenvalue weighted by molar-refractivity contribution is 0.00578. The molecule has 0 amide bonds. The fourth-order valence-corrected chi connectivity index (χ4v) is 4.06. The van der Waals surface area contributed by atoms with E-state index < -0.39 is 0 Å². The first-order valence-corrected chi connectivity index (χ1v) is 8.56. The van der Waals surface area contributed by atoms with Crippen molar-refractivity contribution in [3.05, 3.63) is 42.2 Å². The lowest BCUT2D eigenvalue weighted by atomic mass is 9.79. The van der Waals surface area contributed by atoms with E-state index in [9.17, 15) is 4.39 Å². The van der Waals surface area contributed by atoms with Gasteiger partial charge in [-0.25, -0.2) is 4.39 Å². The molecule has 0 unspecified atom stereocenters. The number of hydrogen-bond donors (Lipinski definition) is 0. The summed E-state index contributed by atoms with van der Waals surface area (Å²) in [6.07, 6.45) is 0. The van der Waals surface area contributed by atoms with Gasteiger partial charge in [0.15, 0.2) is 0 Å². The molecule has 0 N–H and O–H groups in total. The van der Waals surface area contributed by atoms with Crippen LogP contribution < -0.4 is 5.46 Å². The Morgan fingerprint density at radius 1 is 0.957 bits per heavy atom. The van der Waals surface area contributed by atoms with Gasteiger partial charge in [-0.15, -0.1) is 11.3 Å². The lowest BCUT2D eigenvalue weighted by Crippen LogP contribution is -2.41. The zero-order chi connectivity index (χ0) is 16.4. The van der Waals surface area contributed by atoms with Crippen molar-refractivity contribution in [1.29, 1.82) is 0 Å². The number of halogens is 1. The summed E-state index contributed by atoms with van der Waals surface area (Å²) in [6, 6.07) is 11.3. The summed E-state index contributed by atoms with van der Waals surface area (Å²) in [4.78, 5) is 0. The molecule has 2 aromatic carbocycles. The first-order chi connectivity index (χ1) is 10.8. The summed E-state index contributed by atoms with van der Waals surface area (Å²) in [5.74, 6) is -0.166. The molecule has 4 rings (SSSR count). The van der Waals surface area contributed by atoms with Crippen molar-refractivity contribution in [3.63, 3.8) is 0 Å². The van der Waals surface area contributed by atoms with Gasteiger partial charge in [0, 0.05) is 15.5 Å². The Balaban J connectivity index is 1.81. The average molecular weight is 328 g/mol. The minimum Gasteiger partial charge on any atom is -0.399 e. The Morgan fingerprint density at radius 3 is 2.35 bits per heavy atom. The summed E-state index contributed by atoms with van der Waals surface area (Å²) in [5, 5.41) is 2.04. The van der Waals surface area contributed by atoms with Crippen LogP contribution in [0.2, 0.25) is 0 Å². The van der Waals surface area contributed by atoms with Crippen LogP contribution in [0.5, 0.6) is 0 Å². The number of fused-ring (bicyclic) bond motifs is 3. The van der Waals surface area contributed by atoms with Crippen molar-refractivity contribution >= 4 is 44.1 Å². The van der Waals surface area contributed by atoms with Crippen LogP contribution >= 0.6 is 11.3 Å². The van der Waals surface area contributed by atoms with Crippen LogP contribution in [0.15, 0.2) is 36.4 Å². The molecule has 0 aliphatic carbocycles. The minimum absolute atomic E-state index is 0.166. The fourth-order valence-electron chi connectivity index (χ4n) is 2.91. The van der Waals surface area contributed by atoms with E-state index in [1.54, 1.807) is 6.07 Å². The van der Waals surface area contributed by atoms with Gasteiger partial charge in [0.2, 0.25) is 0 Å². The number of hydrogen-bond acceptors (Lipinski definition) is 3. The van der Waals surface area contributed by atoms with Gasteiger partial charge in [-0.2, -0.15) is 0 Å². The van der Waals surface area contributed by atoms with Gasteiger partial charge in [-0.05, 0) is 45.3 Å². The zero-order valence-electron chi connectivity index (χ0n) is 13.6. The van der Waals surface area contributed by atoms with Crippen LogP contribution in [0.25, 0.3) is 20.2 Å². The molecule has 118 valence electrons. The van der Waals surface area contributed by atoms with Crippen molar-refractivity contribution in [3.8, 4) is 0 Å². The van der Waals surface area contributed by atoms with Crippen LogP contribution in [-0.4, -0.2) is 18.3 Å². The van der Waals surface area contributed by atoms with E-state index in [-0.39, 0.29) is 24.1 Å². The molecule has 0 spiro atoms. The summed E-state index contributed by atoms with van der Waals surface area (Å²) >= 11 is 1.47. The normalized spacial score (nSPS) is 19.8. The van der Waals surface area contributed by atoms with Gasteiger partial charge in [-0.1, -0.05) is 24.3 Å². The van der Waals surface area contributed by atoms with E-state index in [0.717, 1.165) is 20.9 Å². The van der Waals surface area contributed by atoms with E-state index >= 15 is 0 Å². The molecule has 2 heterocycles. The van der Waals surface area contributed by atoms with E-state index in [4.69, 9.17) is 9.31 Å². The van der Waals surface area contributed by atoms with Crippen molar-refractivity contribution < 1.29 is 13.7 Å². The van der Waals surface area contributed by atoms with Crippen molar-refractivity contribution in [2.24, 2.45) is 0 Å². The maximum Gasteiger partial charge on any atom is 0.494 e. The topological polar surface area (TPSA) is 18.5 Å². The molecule has 3 aromatic rings. The Bertz CT molecular complexity index is 900. The second kappa shape index (κ2) is 4.79. The molecule has 1 aromatic heterocycles. The molecule has 5 heteroatoms. The molecular weight excluding hydrogens is 310 g/mol. The zero-order valence-corrected chi connectivity index (χ0v) is 14.5. The Kier molecular flexibility index (Phi) is 3.15. The van der Waals surface area contributed by atoms with Crippen LogP contribution in [0.3, 0.4) is 0 Å². The molecule has 0 bridgehead atoms. The third-order valence-corrected chi connectivity index (χ3v) is 6.18. The highest BCUT2D eigenvalue weighted by Crippen LogP contribution is 2.38. The highest BCUT2D eigenvalue weighted by atomic mass is 32.1. The monoisotopic (exact) mass is 328 g/mol. The van der Waals surface area contributed by atoms with Gasteiger partial charge in [-0.3, -0.25) is 0 Å². The van der Waals surface area contributed by atoms with E-state index in [1.165, 1.54) is 17.4 Å². The lowest BCUT2D eigenvalue weighted by Gasteiger charge is -2.32. The highest BCUT2D eigenvalue weighted by Gasteiger charge is 2.51. The number of rotatable bonds is 1. The van der Waals surface area contributed by atoms with Gasteiger partial charge in [0.1, 0.15) is 5.82 Å². The van der Waals surface area contributed by atoms with Gasteiger partial charge in [0.05, 0.1) is 15.9 Å². The molecule has 0 radical (unpaired) electrons. The van der Waals surface area contributed by atoms with Gasteiger partial charge < -0.3 is 9.31 Å². The molecule has 0 atom stereocenters. The molecule has 2 nitrogen and oxygen atoms in total. The molecule has 0 saturated carbocycles. The first kappa shape index (κ1) is 15.1. The minimum atomic E-state index is -0.389. The summed E-state index contributed by atoms with van der Waals surface area (Å²) in [5.41, 5.74) is 0.251. The smallest absolute Gasteiger partial charge is 0.399 e. The van der Waals surface area contributed by atoms with Crippen molar-refractivity contribution in [2.75, 3.05) is 0 Å². The van der Waals surface area contributed by atoms with E-state index in [1.807, 2.05) is 45.9 Å². The van der Waals surface area contributed by atoms with Gasteiger partial charge in [0.25, 0.3) is 0 Å². The second-order valence-corrected chi connectivity index (χ2v) is 8.11. The average Bonchev–Trinajstić information content (AvgIpc) is 2.94. The van der Waals surface area contributed by atoms with Crippen LogP contribution in [0.1, 0.15) is 27.7 Å². The Hall–Kier alpha value is -1.43. The summed E-state index contributed by atoms with van der Waals surface area (Å²) in [6.45, 7) is 8.17. The van der Waals surface area contributed by atoms with Crippen LogP contribution in [0, 0.1) is 5.82 Å². The number of thiophene rings is 1. The van der Waals surface area contributed by atoms with E-state index in [2.05, 4.69) is 6.07 Å². The first-order valence-electron chi connectivity index (χ1n) is 7.75. The highest BCUT2D eigenvalue weighted by molar-refractivity contribution is 7.25. The SMILES string of the molecule is CC1(C)OB(c2ccc3c(c2)sc2c(F)cccc23)OC1(C)C. The van der Waals surface area contributed by atoms with Gasteiger partial charge >= 0.3 is 7.12 Å². The molecular formula is C18H18BFO2S. The third-order valence-electron chi connectivity index (χ3n) is 5.00. The standard InChI is InChI=1S/C18H18BFO2S/c1-17(2)18(3,4)22-19(21-17)11-8-9-12-13-6-5-7-14(20)16(13)23-15(12)10-11/h5-10H,1-4H3. The maximum atomic E-state index is 14.0. The quantitative estimate of drug-likeness (QED) is 0.613. The fraction of sp³-hybridized carbons (Fsp3) is 0.333. The summed E-state index contributed by atoms with van der Waals surface area (Å²) in [7, 11) is -0.389. The predicted molar refractivity (Wildman–Crippen MR) is 95.0 cm³/mol. The molecule has 1 aliphatic heterocycles. The molecule has 1 aliphatic rings.